The molecule has 2 heterocycles. The van der Waals surface area contributed by atoms with Crippen molar-refractivity contribution in [2.24, 2.45) is 0 Å². The molecule has 8 heteroatoms. The van der Waals surface area contributed by atoms with Crippen LogP contribution in [0.1, 0.15) is 25.7 Å². The fourth-order valence-corrected chi connectivity index (χ4v) is 7.44. The van der Waals surface area contributed by atoms with E-state index >= 15 is 0 Å². The van der Waals surface area contributed by atoms with Gasteiger partial charge in [0.05, 0.1) is 11.4 Å². The SMILES string of the molecule is COP(=O)(OC)N1CCCCC1CCN1c2ccccc2Sc2ccc(SC)cc21. The zero-order valence-corrected chi connectivity index (χ0v) is 20.3. The van der Waals surface area contributed by atoms with Gasteiger partial charge in [-0.15, -0.1) is 11.8 Å². The molecule has 0 bridgehead atoms. The zero-order chi connectivity index (χ0) is 21.1. The predicted octanol–water partition coefficient (Wildman–Crippen LogP) is 6.66. The molecular weight excluding hydrogens is 435 g/mol. The summed E-state index contributed by atoms with van der Waals surface area (Å²) in [5.41, 5.74) is 2.51. The molecule has 1 atom stereocenters. The van der Waals surface area contributed by atoms with Crippen LogP contribution in [-0.4, -0.2) is 44.3 Å². The summed E-state index contributed by atoms with van der Waals surface area (Å²) in [6.07, 6.45) is 6.20. The Kier molecular flexibility index (Phi) is 7.18. The minimum absolute atomic E-state index is 0.179. The van der Waals surface area contributed by atoms with Crippen molar-refractivity contribution >= 4 is 42.6 Å². The molecule has 1 saturated heterocycles. The first kappa shape index (κ1) is 22.3. The largest absolute Gasteiger partial charge is 0.407 e. The van der Waals surface area contributed by atoms with Crippen molar-refractivity contribution in [3.63, 3.8) is 0 Å². The molecule has 0 radical (unpaired) electrons. The molecule has 2 aliphatic heterocycles. The minimum Gasteiger partial charge on any atom is -0.340 e. The molecule has 0 spiro atoms. The summed E-state index contributed by atoms with van der Waals surface area (Å²) < 4.78 is 25.7. The van der Waals surface area contributed by atoms with Crippen LogP contribution >= 0.6 is 31.3 Å². The van der Waals surface area contributed by atoms with E-state index in [1.54, 1.807) is 11.8 Å². The Hall–Kier alpha value is -0.950. The quantitative estimate of drug-likeness (QED) is 0.335. The van der Waals surface area contributed by atoms with Crippen LogP contribution in [0.15, 0.2) is 57.2 Å². The van der Waals surface area contributed by atoms with Gasteiger partial charge < -0.3 is 4.90 Å². The minimum atomic E-state index is -3.22. The van der Waals surface area contributed by atoms with Gasteiger partial charge in [-0.05, 0) is 55.9 Å². The zero-order valence-electron chi connectivity index (χ0n) is 17.7. The van der Waals surface area contributed by atoms with Crippen molar-refractivity contribution in [2.45, 2.75) is 46.4 Å². The van der Waals surface area contributed by atoms with E-state index in [9.17, 15) is 4.57 Å². The van der Waals surface area contributed by atoms with Crippen molar-refractivity contribution in [1.82, 2.24) is 4.67 Å². The number of fused-ring (bicyclic) bond motifs is 2. The lowest BCUT2D eigenvalue weighted by Crippen LogP contribution is -2.40. The van der Waals surface area contributed by atoms with Gasteiger partial charge in [0.25, 0.3) is 0 Å². The number of piperidine rings is 1. The van der Waals surface area contributed by atoms with Gasteiger partial charge >= 0.3 is 7.75 Å². The molecule has 162 valence electrons. The number of para-hydroxylation sites is 1. The number of thioether (sulfide) groups is 1. The standard InChI is InChI=1S/C22H29N2O3PS2/c1-26-28(25,27-2)24-14-7-6-8-17(24)13-15-23-19-9-4-5-10-21(19)30-22-12-11-18(29-3)16-20(22)23/h4-5,9-12,16-17H,6-8,13-15H2,1-3H3. The summed E-state index contributed by atoms with van der Waals surface area (Å²) in [4.78, 5) is 6.26. The van der Waals surface area contributed by atoms with E-state index in [4.69, 9.17) is 9.05 Å². The Labute approximate surface area is 188 Å². The summed E-state index contributed by atoms with van der Waals surface area (Å²) in [6, 6.07) is 15.5. The molecule has 5 nitrogen and oxygen atoms in total. The average molecular weight is 465 g/mol. The Morgan fingerprint density at radius 3 is 2.63 bits per heavy atom. The van der Waals surface area contributed by atoms with Crippen LogP contribution < -0.4 is 4.90 Å². The summed E-state index contributed by atoms with van der Waals surface area (Å²) in [6.45, 7) is 1.61. The first-order valence-corrected chi connectivity index (χ1v) is 13.8. The maximum Gasteiger partial charge on any atom is 0.407 e. The van der Waals surface area contributed by atoms with Crippen LogP contribution in [0, 0.1) is 0 Å². The summed E-state index contributed by atoms with van der Waals surface area (Å²) >= 11 is 3.60. The van der Waals surface area contributed by atoms with Crippen LogP contribution in [0.3, 0.4) is 0 Å². The van der Waals surface area contributed by atoms with Crippen molar-refractivity contribution in [3.8, 4) is 0 Å². The highest BCUT2D eigenvalue weighted by atomic mass is 32.2. The highest BCUT2D eigenvalue weighted by Gasteiger charge is 2.38. The summed E-state index contributed by atoms with van der Waals surface area (Å²) in [7, 11) is -0.259. The van der Waals surface area contributed by atoms with E-state index < -0.39 is 7.75 Å². The molecule has 0 amide bonds. The lowest BCUT2D eigenvalue weighted by Gasteiger charge is -2.40. The fourth-order valence-electron chi connectivity index (χ4n) is 4.34. The van der Waals surface area contributed by atoms with E-state index in [1.807, 2.05) is 16.4 Å². The predicted molar refractivity (Wildman–Crippen MR) is 126 cm³/mol. The molecular formula is C22H29N2O3PS2. The van der Waals surface area contributed by atoms with Crippen molar-refractivity contribution in [1.29, 1.82) is 0 Å². The van der Waals surface area contributed by atoms with Gasteiger partial charge in [-0.1, -0.05) is 30.3 Å². The molecule has 30 heavy (non-hydrogen) atoms. The number of nitrogens with zero attached hydrogens (tertiary/aromatic N) is 2. The number of hydrogen-bond donors (Lipinski definition) is 0. The van der Waals surface area contributed by atoms with Crippen molar-refractivity contribution < 1.29 is 13.6 Å². The van der Waals surface area contributed by atoms with Gasteiger partial charge in [0.15, 0.2) is 0 Å². The molecule has 1 unspecified atom stereocenters. The Morgan fingerprint density at radius 2 is 1.87 bits per heavy atom. The molecule has 2 aliphatic rings. The molecule has 0 N–H and O–H groups in total. The first-order chi connectivity index (χ1) is 14.6. The second-order valence-electron chi connectivity index (χ2n) is 7.49. The number of rotatable bonds is 7. The number of anilines is 2. The molecule has 0 aromatic heterocycles. The molecule has 4 rings (SSSR count). The van der Waals surface area contributed by atoms with Gasteiger partial charge in [0.2, 0.25) is 0 Å². The van der Waals surface area contributed by atoms with Crippen LogP contribution in [0.5, 0.6) is 0 Å². The lowest BCUT2D eigenvalue weighted by molar-refractivity contribution is 0.152. The summed E-state index contributed by atoms with van der Waals surface area (Å²) in [5.74, 6) is 0. The van der Waals surface area contributed by atoms with E-state index in [0.717, 1.165) is 38.8 Å². The highest BCUT2D eigenvalue weighted by molar-refractivity contribution is 8.00. The maximum absolute atomic E-state index is 13.1. The van der Waals surface area contributed by atoms with Gasteiger partial charge in [0.1, 0.15) is 0 Å². The third kappa shape index (κ3) is 4.34. The van der Waals surface area contributed by atoms with Crippen LogP contribution in [-0.2, 0) is 13.6 Å². The second-order valence-corrected chi connectivity index (χ2v) is 11.6. The van der Waals surface area contributed by atoms with Gasteiger partial charge in [-0.25, -0.2) is 9.24 Å². The molecule has 0 aliphatic carbocycles. The van der Waals surface area contributed by atoms with Gasteiger partial charge in [0, 0.05) is 48.0 Å². The smallest absolute Gasteiger partial charge is 0.340 e. The van der Waals surface area contributed by atoms with Gasteiger partial charge in [-0.3, -0.25) is 9.05 Å². The monoisotopic (exact) mass is 464 g/mol. The van der Waals surface area contributed by atoms with E-state index in [1.165, 1.54) is 40.3 Å². The lowest BCUT2D eigenvalue weighted by atomic mass is 10.0. The third-order valence-corrected chi connectivity index (χ3v) is 9.83. The first-order valence-electron chi connectivity index (χ1n) is 10.3. The van der Waals surface area contributed by atoms with Crippen LogP contribution in [0.4, 0.5) is 11.4 Å². The fraction of sp³-hybridized carbons (Fsp3) is 0.455. The van der Waals surface area contributed by atoms with Crippen molar-refractivity contribution in [3.05, 3.63) is 42.5 Å². The van der Waals surface area contributed by atoms with E-state index in [2.05, 4.69) is 53.6 Å². The molecule has 0 saturated carbocycles. The Balaban J connectivity index is 1.62. The number of benzene rings is 2. The second kappa shape index (κ2) is 9.68. The normalized spacial score (nSPS) is 19.4. The number of hydrogen-bond acceptors (Lipinski definition) is 6. The Morgan fingerprint density at radius 1 is 1.10 bits per heavy atom. The maximum atomic E-state index is 13.1. The third-order valence-electron chi connectivity index (χ3n) is 5.89. The molecule has 2 aromatic rings. The van der Waals surface area contributed by atoms with Crippen molar-refractivity contribution in [2.75, 3.05) is 38.5 Å². The van der Waals surface area contributed by atoms with E-state index in [-0.39, 0.29) is 6.04 Å². The van der Waals surface area contributed by atoms with Gasteiger partial charge in [-0.2, -0.15) is 0 Å². The highest BCUT2D eigenvalue weighted by Crippen LogP contribution is 2.54. The van der Waals surface area contributed by atoms with E-state index in [0.29, 0.717) is 0 Å². The van der Waals surface area contributed by atoms with Crippen LogP contribution in [0.25, 0.3) is 0 Å². The molecule has 2 aromatic carbocycles. The Bertz CT molecular complexity index is 934. The summed E-state index contributed by atoms with van der Waals surface area (Å²) in [5, 5.41) is 0. The molecule has 1 fully saturated rings. The topological polar surface area (TPSA) is 42.0 Å². The average Bonchev–Trinajstić information content (AvgIpc) is 2.81. The van der Waals surface area contributed by atoms with Crippen LogP contribution in [0.2, 0.25) is 0 Å².